The van der Waals surface area contributed by atoms with Gasteiger partial charge in [0.05, 0.1) is 0 Å². The van der Waals surface area contributed by atoms with Crippen LogP contribution in [-0.4, -0.2) is 46.3 Å². The maximum absolute atomic E-state index is 14.2. The fourth-order valence-electron chi connectivity index (χ4n) is 7.28. The van der Waals surface area contributed by atoms with E-state index in [-0.39, 0.29) is 23.8 Å². The molecular weight excluding hydrogens is 422 g/mol. The Hall–Kier alpha value is -2.66. The van der Waals surface area contributed by atoms with Gasteiger partial charge in [0.2, 0.25) is 11.8 Å². The molecule has 180 valence electrons. The van der Waals surface area contributed by atoms with Gasteiger partial charge < -0.3 is 10.2 Å². The number of hydrogen-bond acceptors (Lipinski definition) is 3. The van der Waals surface area contributed by atoms with Crippen molar-refractivity contribution in [1.29, 1.82) is 0 Å². The molecule has 5 atom stereocenters. The molecule has 1 N–H and O–H groups in total. The molecule has 4 fully saturated rings. The molecule has 5 nitrogen and oxygen atoms in total. The van der Waals surface area contributed by atoms with Gasteiger partial charge in [-0.05, 0) is 41.7 Å². The third kappa shape index (κ3) is 3.84. The molecule has 5 heteroatoms. The molecular formula is C29H37N3O2. The average Bonchev–Trinajstić information content (AvgIpc) is 3.09. The monoisotopic (exact) mass is 459 g/mol. The maximum atomic E-state index is 14.2. The van der Waals surface area contributed by atoms with E-state index in [1.165, 1.54) is 5.56 Å². The van der Waals surface area contributed by atoms with Gasteiger partial charge in [-0.1, -0.05) is 74.5 Å². The highest BCUT2D eigenvalue weighted by Crippen LogP contribution is 2.58. The number of amides is 2. The normalized spacial score (nSPS) is 30.1. The lowest BCUT2D eigenvalue weighted by Crippen LogP contribution is -2.77. The van der Waals surface area contributed by atoms with Gasteiger partial charge in [0, 0.05) is 45.1 Å². The van der Waals surface area contributed by atoms with Crippen molar-refractivity contribution in [2.24, 2.45) is 23.7 Å². The number of likely N-dealkylation sites (tertiary alicyclic amines) is 1. The zero-order chi connectivity index (χ0) is 23.9. The van der Waals surface area contributed by atoms with Crippen molar-refractivity contribution in [3.8, 4) is 0 Å². The number of fused-ring (bicyclic) bond motifs is 1. The summed E-state index contributed by atoms with van der Waals surface area (Å²) < 4.78 is 0. The first-order valence-electron chi connectivity index (χ1n) is 12.8. The third-order valence-electron chi connectivity index (χ3n) is 8.40. The van der Waals surface area contributed by atoms with E-state index >= 15 is 0 Å². The summed E-state index contributed by atoms with van der Waals surface area (Å²) in [6.45, 7) is 9.09. The predicted molar refractivity (Wildman–Crippen MR) is 134 cm³/mol. The van der Waals surface area contributed by atoms with Crippen LogP contribution in [0.4, 0.5) is 0 Å². The summed E-state index contributed by atoms with van der Waals surface area (Å²) in [5.41, 5.74) is 1.56. The lowest BCUT2D eigenvalue weighted by molar-refractivity contribution is -0.173. The number of rotatable bonds is 7. The fourth-order valence-corrected chi connectivity index (χ4v) is 7.28. The van der Waals surface area contributed by atoms with Crippen molar-refractivity contribution >= 4 is 11.8 Å². The molecule has 3 aliphatic heterocycles. The van der Waals surface area contributed by atoms with E-state index in [0.717, 1.165) is 31.5 Å². The minimum absolute atomic E-state index is 0.0270. The van der Waals surface area contributed by atoms with Crippen LogP contribution >= 0.6 is 0 Å². The maximum Gasteiger partial charge on any atom is 0.248 e. The van der Waals surface area contributed by atoms with E-state index in [9.17, 15) is 9.59 Å². The van der Waals surface area contributed by atoms with Gasteiger partial charge in [0.1, 0.15) is 5.54 Å². The molecule has 4 aliphatic rings. The Morgan fingerprint density at radius 1 is 1.00 bits per heavy atom. The largest absolute Gasteiger partial charge is 0.350 e. The van der Waals surface area contributed by atoms with Gasteiger partial charge in [-0.2, -0.15) is 0 Å². The molecule has 1 saturated carbocycles. The van der Waals surface area contributed by atoms with Crippen molar-refractivity contribution in [2.75, 3.05) is 13.1 Å². The van der Waals surface area contributed by atoms with E-state index in [2.05, 4.69) is 48.3 Å². The topological polar surface area (TPSA) is 52.7 Å². The lowest BCUT2D eigenvalue weighted by Gasteiger charge is -2.61. The van der Waals surface area contributed by atoms with E-state index in [0.29, 0.717) is 30.8 Å². The van der Waals surface area contributed by atoms with Gasteiger partial charge in [0.15, 0.2) is 0 Å². The Bertz CT molecular complexity index is 1020. The number of benzene rings is 2. The smallest absolute Gasteiger partial charge is 0.248 e. The van der Waals surface area contributed by atoms with Crippen molar-refractivity contribution in [1.82, 2.24) is 15.1 Å². The highest BCUT2D eigenvalue weighted by Gasteiger charge is 2.71. The molecule has 0 spiro atoms. The van der Waals surface area contributed by atoms with Gasteiger partial charge in [0.25, 0.3) is 0 Å². The number of carbonyl (C=O) groups is 2. The molecule has 4 bridgehead atoms. The summed E-state index contributed by atoms with van der Waals surface area (Å²) in [7, 11) is 0. The Morgan fingerprint density at radius 3 is 2.26 bits per heavy atom. The van der Waals surface area contributed by atoms with Gasteiger partial charge in [-0.3, -0.25) is 14.5 Å². The second-order valence-corrected chi connectivity index (χ2v) is 11.0. The number of nitrogens with one attached hydrogen (secondary N) is 1. The van der Waals surface area contributed by atoms with Crippen LogP contribution in [0, 0.1) is 23.7 Å². The molecule has 1 aliphatic carbocycles. The number of piperidine rings is 2. The van der Waals surface area contributed by atoms with Gasteiger partial charge >= 0.3 is 0 Å². The molecule has 34 heavy (non-hydrogen) atoms. The zero-order valence-electron chi connectivity index (χ0n) is 20.6. The fraction of sp³-hybridized carbons (Fsp3) is 0.517. The Kier molecular flexibility index (Phi) is 6.24. The minimum Gasteiger partial charge on any atom is -0.350 e. The van der Waals surface area contributed by atoms with E-state index in [4.69, 9.17) is 0 Å². The van der Waals surface area contributed by atoms with Crippen LogP contribution in [0.3, 0.4) is 0 Å². The summed E-state index contributed by atoms with van der Waals surface area (Å²) in [6.07, 6.45) is 2.12. The minimum atomic E-state index is -0.788. The average molecular weight is 460 g/mol. The molecule has 0 radical (unpaired) electrons. The molecule has 4 unspecified atom stereocenters. The third-order valence-corrected chi connectivity index (χ3v) is 8.40. The molecule has 3 heterocycles. The van der Waals surface area contributed by atoms with Crippen LogP contribution in [0.25, 0.3) is 0 Å². The van der Waals surface area contributed by atoms with Crippen LogP contribution in [-0.2, 0) is 22.7 Å². The van der Waals surface area contributed by atoms with Crippen LogP contribution in [0.1, 0.15) is 44.7 Å². The van der Waals surface area contributed by atoms with E-state index in [1.807, 2.05) is 41.3 Å². The zero-order valence-corrected chi connectivity index (χ0v) is 20.6. The highest BCUT2D eigenvalue weighted by atomic mass is 16.2. The highest BCUT2D eigenvalue weighted by molar-refractivity contribution is 5.93. The quantitative estimate of drug-likeness (QED) is 0.679. The Morgan fingerprint density at radius 2 is 1.65 bits per heavy atom. The number of nitrogens with zero attached hydrogens (tertiary/aromatic N) is 2. The molecule has 2 aromatic carbocycles. The standard InChI is InChI=1S/C29H37N3O2/c1-20(2)14-26-24-15-25-19-31(17-23-12-8-5-9-13-23)27(26)29(25,32(18-24)21(3)33)28(34)30-16-22-10-6-4-7-11-22/h4-13,20,24-27H,14-19H2,1-3H3,(H,30,34)/t24?,25?,26?,27-,29?/m0/s1. The number of hydrogen-bond donors (Lipinski definition) is 1. The van der Waals surface area contributed by atoms with Crippen molar-refractivity contribution in [3.05, 3.63) is 71.8 Å². The molecule has 2 aromatic rings. The SMILES string of the molecule is CC(=O)N1CC2CC3CN(Cc4ccccc4)[C@@H](C2CC(C)C)C31C(=O)NCc1ccccc1. The van der Waals surface area contributed by atoms with Gasteiger partial charge in [-0.15, -0.1) is 0 Å². The first-order chi connectivity index (χ1) is 16.4. The van der Waals surface area contributed by atoms with E-state index in [1.54, 1.807) is 6.92 Å². The first kappa shape index (κ1) is 23.1. The van der Waals surface area contributed by atoms with Crippen LogP contribution < -0.4 is 5.32 Å². The lowest BCUT2D eigenvalue weighted by atomic mass is 9.56. The van der Waals surface area contributed by atoms with E-state index < -0.39 is 5.54 Å². The molecule has 2 amide bonds. The van der Waals surface area contributed by atoms with Crippen molar-refractivity contribution in [2.45, 2.75) is 58.3 Å². The predicted octanol–water partition coefficient (Wildman–Crippen LogP) is 4.09. The molecule has 0 aromatic heterocycles. The number of carbonyl (C=O) groups excluding carboxylic acids is 2. The van der Waals surface area contributed by atoms with Gasteiger partial charge in [-0.25, -0.2) is 0 Å². The van der Waals surface area contributed by atoms with Crippen LogP contribution in [0.5, 0.6) is 0 Å². The second-order valence-electron chi connectivity index (χ2n) is 11.0. The van der Waals surface area contributed by atoms with Crippen LogP contribution in [0.15, 0.2) is 60.7 Å². The summed E-state index contributed by atoms with van der Waals surface area (Å²) in [6, 6.07) is 20.7. The first-order valence-corrected chi connectivity index (χ1v) is 12.8. The molecule has 6 rings (SSSR count). The Balaban J connectivity index is 1.53. The van der Waals surface area contributed by atoms with Crippen molar-refractivity contribution < 1.29 is 9.59 Å². The second kappa shape index (κ2) is 9.18. The Labute approximate surface area is 203 Å². The summed E-state index contributed by atoms with van der Waals surface area (Å²) in [4.78, 5) is 31.7. The summed E-state index contributed by atoms with van der Waals surface area (Å²) >= 11 is 0. The van der Waals surface area contributed by atoms with Crippen LogP contribution in [0.2, 0.25) is 0 Å². The van der Waals surface area contributed by atoms with Crippen molar-refractivity contribution in [3.63, 3.8) is 0 Å². The summed E-state index contributed by atoms with van der Waals surface area (Å²) in [5, 5.41) is 3.27. The molecule has 3 saturated heterocycles. The summed E-state index contributed by atoms with van der Waals surface area (Å²) in [5.74, 6) is 1.66.